The summed E-state index contributed by atoms with van der Waals surface area (Å²) < 4.78 is 0. The van der Waals surface area contributed by atoms with Gasteiger partial charge in [0.05, 0.1) is 0 Å². The van der Waals surface area contributed by atoms with Gasteiger partial charge in [0.2, 0.25) is 0 Å². The van der Waals surface area contributed by atoms with E-state index >= 15 is 0 Å². The third-order valence-corrected chi connectivity index (χ3v) is 3.61. The first-order chi connectivity index (χ1) is 7.86. The van der Waals surface area contributed by atoms with Crippen LogP contribution in [-0.2, 0) is 6.42 Å². The molecule has 0 saturated carbocycles. The maximum absolute atomic E-state index is 5.55. The van der Waals surface area contributed by atoms with Crippen LogP contribution in [0.3, 0.4) is 0 Å². The van der Waals surface area contributed by atoms with Crippen molar-refractivity contribution in [2.45, 2.75) is 40.2 Å². The smallest absolute Gasteiger partial charge is 0.0366 e. The lowest BCUT2D eigenvalue weighted by Crippen LogP contribution is -2.39. The Morgan fingerprint density at radius 1 is 1.18 bits per heavy atom. The molecule has 0 aromatic heterocycles. The van der Waals surface area contributed by atoms with Gasteiger partial charge in [-0.25, -0.2) is 0 Å². The predicted molar refractivity (Wildman–Crippen MR) is 76.5 cm³/mol. The summed E-state index contributed by atoms with van der Waals surface area (Å²) in [5.74, 6) is 0. The Morgan fingerprint density at radius 3 is 2.12 bits per heavy atom. The summed E-state index contributed by atoms with van der Waals surface area (Å²) >= 11 is 0. The van der Waals surface area contributed by atoms with Gasteiger partial charge in [-0.3, -0.25) is 0 Å². The third-order valence-electron chi connectivity index (χ3n) is 3.61. The molecule has 2 heteroatoms. The molecule has 1 aromatic rings. The van der Waals surface area contributed by atoms with E-state index in [9.17, 15) is 0 Å². The monoisotopic (exact) mass is 234 g/mol. The fraction of sp³-hybridized carbons (Fsp3) is 0.600. The first kappa shape index (κ1) is 14.0. The Bertz CT molecular complexity index is 335. The SMILES string of the molecule is CC(N(C)c1ccc(CCN)cc1)C(C)(C)C. The van der Waals surface area contributed by atoms with Gasteiger partial charge in [-0.2, -0.15) is 0 Å². The molecule has 0 amide bonds. The molecule has 0 aliphatic heterocycles. The first-order valence-electron chi connectivity index (χ1n) is 6.38. The van der Waals surface area contributed by atoms with Gasteiger partial charge < -0.3 is 10.6 Å². The zero-order chi connectivity index (χ0) is 13.1. The fourth-order valence-electron chi connectivity index (χ4n) is 1.87. The normalized spacial score (nSPS) is 13.5. The van der Waals surface area contributed by atoms with Crippen molar-refractivity contribution in [1.29, 1.82) is 0 Å². The highest BCUT2D eigenvalue weighted by Crippen LogP contribution is 2.27. The highest BCUT2D eigenvalue weighted by Gasteiger charge is 2.23. The van der Waals surface area contributed by atoms with Crippen LogP contribution in [0, 0.1) is 5.41 Å². The Kier molecular flexibility index (Phi) is 4.58. The van der Waals surface area contributed by atoms with E-state index in [1.165, 1.54) is 11.3 Å². The van der Waals surface area contributed by atoms with Gasteiger partial charge in [-0.15, -0.1) is 0 Å². The molecule has 1 rings (SSSR count). The van der Waals surface area contributed by atoms with E-state index < -0.39 is 0 Å². The third kappa shape index (κ3) is 3.74. The van der Waals surface area contributed by atoms with E-state index in [0.717, 1.165) is 6.42 Å². The molecule has 0 bridgehead atoms. The van der Waals surface area contributed by atoms with E-state index in [1.54, 1.807) is 0 Å². The predicted octanol–water partition coefficient (Wildman–Crippen LogP) is 3.06. The lowest BCUT2D eigenvalue weighted by atomic mass is 9.87. The maximum atomic E-state index is 5.55. The second-order valence-corrected chi connectivity index (χ2v) is 5.86. The fourth-order valence-corrected chi connectivity index (χ4v) is 1.87. The van der Waals surface area contributed by atoms with E-state index in [2.05, 4.69) is 63.9 Å². The van der Waals surface area contributed by atoms with Crippen molar-refractivity contribution < 1.29 is 0 Å². The molecule has 1 unspecified atom stereocenters. The Balaban J connectivity index is 2.79. The van der Waals surface area contributed by atoms with Crippen molar-refractivity contribution in [3.63, 3.8) is 0 Å². The van der Waals surface area contributed by atoms with Crippen LogP contribution < -0.4 is 10.6 Å². The molecule has 2 N–H and O–H groups in total. The summed E-state index contributed by atoms with van der Waals surface area (Å²) in [4.78, 5) is 2.34. The minimum Gasteiger partial charge on any atom is -0.371 e. The van der Waals surface area contributed by atoms with Crippen LogP contribution in [-0.4, -0.2) is 19.6 Å². The summed E-state index contributed by atoms with van der Waals surface area (Å²) in [5.41, 5.74) is 8.42. The zero-order valence-corrected chi connectivity index (χ0v) is 11.8. The van der Waals surface area contributed by atoms with Crippen LogP contribution in [0.4, 0.5) is 5.69 Å². The topological polar surface area (TPSA) is 29.3 Å². The summed E-state index contributed by atoms with van der Waals surface area (Å²) in [6.45, 7) is 9.81. The lowest BCUT2D eigenvalue weighted by Gasteiger charge is -2.37. The largest absolute Gasteiger partial charge is 0.371 e. The molecular formula is C15H26N2. The van der Waals surface area contributed by atoms with Gasteiger partial charge in [0.15, 0.2) is 0 Å². The molecule has 0 heterocycles. The molecular weight excluding hydrogens is 208 g/mol. The van der Waals surface area contributed by atoms with Crippen molar-refractivity contribution in [1.82, 2.24) is 0 Å². The van der Waals surface area contributed by atoms with Gasteiger partial charge in [0.25, 0.3) is 0 Å². The number of rotatable bonds is 4. The molecule has 1 atom stereocenters. The lowest BCUT2D eigenvalue weighted by molar-refractivity contribution is 0.330. The van der Waals surface area contributed by atoms with E-state index in [1.807, 2.05) is 0 Å². The molecule has 96 valence electrons. The van der Waals surface area contributed by atoms with Crippen LogP contribution in [0.2, 0.25) is 0 Å². The van der Waals surface area contributed by atoms with Crippen LogP contribution in [0.25, 0.3) is 0 Å². The molecule has 0 spiro atoms. The number of benzene rings is 1. The second kappa shape index (κ2) is 5.54. The number of nitrogens with two attached hydrogens (primary N) is 1. The van der Waals surface area contributed by atoms with Crippen LogP contribution in [0.15, 0.2) is 24.3 Å². The molecule has 1 aromatic carbocycles. The van der Waals surface area contributed by atoms with Gasteiger partial charge in [-0.05, 0) is 43.0 Å². The Labute approximate surface area is 106 Å². The first-order valence-corrected chi connectivity index (χ1v) is 6.38. The molecule has 17 heavy (non-hydrogen) atoms. The summed E-state index contributed by atoms with van der Waals surface area (Å²) in [6.07, 6.45) is 0.957. The summed E-state index contributed by atoms with van der Waals surface area (Å²) in [5, 5.41) is 0. The molecule has 0 saturated heterocycles. The van der Waals surface area contributed by atoms with Gasteiger partial charge in [-0.1, -0.05) is 32.9 Å². The quantitative estimate of drug-likeness (QED) is 0.867. The minimum absolute atomic E-state index is 0.282. The summed E-state index contributed by atoms with van der Waals surface area (Å²) in [7, 11) is 2.16. The van der Waals surface area contributed by atoms with Crippen molar-refractivity contribution in [2.24, 2.45) is 11.1 Å². The maximum Gasteiger partial charge on any atom is 0.0366 e. The van der Waals surface area contributed by atoms with E-state index in [-0.39, 0.29) is 5.41 Å². The van der Waals surface area contributed by atoms with Gasteiger partial charge in [0, 0.05) is 18.8 Å². The second-order valence-electron chi connectivity index (χ2n) is 5.86. The van der Waals surface area contributed by atoms with Gasteiger partial charge >= 0.3 is 0 Å². The Hall–Kier alpha value is -1.02. The van der Waals surface area contributed by atoms with Crippen molar-refractivity contribution in [3.8, 4) is 0 Å². The zero-order valence-electron chi connectivity index (χ0n) is 11.8. The molecule has 2 nitrogen and oxygen atoms in total. The van der Waals surface area contributed by atoms with Crippen LogP contribution >= 0.6 is 0 Å². The molecule has 0 radical (unpaired) electrons. The van der Waals surface area contributed by atoms with Crippen molar-refractivity contribution in [2.75, 3.05) is 18.5 Å². The summed E-state index contributed by atoms with van der Waals surface area (Å²) in [6, 6.07) is 9.23. The van der Waals surface area contributed by atoms with E-state index in [4.69, 9.17) is 5.73 Å². The van der Waals surface area contributed by atoms with Crippen molar-refractivity contribution in [3.05, 3.63) is 29.8 Å². The number of hydrogen-bond donors (Lipinski definition) is 1. The standard InChI is InChI=1S/C15H26N2/c1-12(15(2,3)4)17(5)14-8-6-13(7-9-14)10-11-16/h6-9,12H,10-11,16H2,1-5H3. The minimum atomic E-state index is 0.282. The highest BCUT2D eigenvalue weighted by molar-refractivity contribution is 5.48. The Morgan fingerprint density at radius 2 is 1.71 bits per heavy atom. The molecule has 0 fully saturated rings. The van der Waals surface area contributed by atoms with E-state index in [0.29, 0.717) is 12.6 Å². The highest BCUT2D eigenvalue weighted by atomic mass is 15.1. The number of anilines is 1. The van der Waals surface area contributed by atoms with Gasteiger partial charge in [0.1, 0.15) is 0 Å². The van der Waals surface area contributed by atoms with Crippen molar-refractivity contribution >= 4 is 5.69 Å². The average Bonchev–Trinajstić information content (AvgIpc) is 2.27. The number of nitrogens with zero attached hydrogens (tertiary/aromatic N) is 1. The number of hydrogen-bond acceptors (Lipinski definition) is 2. The molecule has 0 aliphatic carbocycles. The van der Waals surface area contributed by atoms with Crippen LogP contribution in [0.5, 0.6) is 0 Å². The molecule has 0 aliphatic rings. The van der Waals surface area contributed by atoms with Crippen LogP contribution in [0.1, 0.15) is 33.3 Å². The average molecular weight is 234 g/mol.